The summed E-state index contributed by atoms with van der Waals surface area (Å²) in [6, 6.07) is 26.7. The van der Waals surface area contributed by atoms with E-state index < -0.39 is 11.7 Å². The Balaban J connectivity index is 1.17. The van der Waals surface area contributed by atoms with E-state index in [-0.39, 0.29) is 5.95 Å². The van der Waals surface area contributed by atoms with E-state index in [2.05, 4.69) is 55.0 Å². The number of nitrogens with zero attached hydrogens (tertiary/aromatic N) is 5. The molecule has 0 radical (unpaired) electrons. The number of anilines is 4. The van der Waals surface area contributed by atoms with Gasteiger partial charge in [-0.1, -0.05) is 60.2 Å². The molecule has 0 unspecified atom stereocenters. The average molecular weight is 612 g/mol. The molecule has 3 aromatic carbocycles. The van der Waals surface area contributed by atoms with Crippen LogP contribution in [0.25, 0.3) is 11.3 Å². The minimum Gasteiger partial charge on any atom is -0.455 e. The van der Waals surface area contributed by atoms with Crippen LogP contribution in [-0.2, 0) is 12.6 Å². The summed E-state index contributed by atoms with van der Waals surface area (Å²) >= 11 is 0. The molecule has 0 bridgehead atoms. The SMILES string of the molecule is Cc1ccc(Nc2nc(N/N=C/c3ccc(-c4cccc(C(F)(F)F)c4)o3)nc(N3CCC(Cc4ccccc4)CC3)n2)cc1. The van der Waals surface area contributed by atoms with Gasteiger partial charge in [0.2, 0.25) is 17.8 Å². The van der Waals surface area contributed by atoms with Gasteiger partial charge in [0.1, 0.15) is 11.5 Å². The molecule has 0 saturated carbocycles. The summed E-state index contributed by atoms with van der Waals surface area (Å²) in [5.74, 6) is 2.39. The smallest absolute Gasteiger partial charge is 0.416 e. The standard InChI is InChI=1S/C34H32F3N7O/c1-23-10-12-28(13-11-23)39-31-40-32(42-33(41-31)44-18-16-25(17-19-44)20-24-6-3-2-4-7-24)43-38-22-29-14-15-30(45-29)26-8-5-9-27(21-26)34(35,36)37/h2-15,21-22,25H,16-20H2,1H3,(H2,39,40,41,42,43)/b38-22+. The number of aryl methyl sites for hydroxylation is 1. The van der Waals surface area contributed by atoms with Crippen LogP contribution in [0.1, 0.15) is 35.3 Å². The number of alkyl halides is 3. The highest BCUT2D eigenvalue weighted by Crippen LogP contribution is 2.32. The molecule has 230 valence electrons. The molecule has 8 nitrogen and oxygen atoms in total. The summed E-state index contributed by atoms with van der Waals surface area (Å²) in [6.45, 7) is 3.66. The van der Waals surface area contributed by atoms with Gasteiger partial charge in [-0.05, 0) is 74.1 Å². The summed E-state index contributed by atoms with van der Waals surface area (Å²) < 4.78 is 45.2. The fraction of sp³-hybridized carbons (Fsp3) is 0.235. The normalized spacial score (nSPS) is 14.2. The molecule has 0 atom stereocenters. The van der Waals surface area contributed by atoms with Crippen LogP contribution >= 0.6 is 0 Å². The number of aromatic nitrogens is 3. The van der Waals surface area contributed by atoms with Crippen LogP contribution in [0.3, 0.4) is 0 Å². The van der Waals surface area contributed by atoms with Gasteiger partial charge in [0.05, 0.1) is 11.8 Å². The first-order chi connectivity index (χ1) is 21.8. The van der Waals surface area contributed by atoms with Crippen molar-refractivity contribution in [2.24, 2.45) is 11.0 Å². The van der Waals surface area contributed by atoms with Crippen LogP contribution in [0.4, 0.5) is 36.7 Å². The summed E-state index contributed by atoms with van der Waals surface area (Å²) in [6.07, 6.45) is 0.0773. The Hall–Kier alpha value is -5.19. The van der Waals surface area contributed by atoms with E-state index >= 15 is 0 Å². The van der Waals surface area contributed by atoms with Crippen LogP contribution in [0.2, 0.25) is 0 Å². The number of hydrogen-bond donors (Lipinski definition) is 2. The van der Waals surface area contributed by atoms with Crippen LogP contribution in [0.15, 0.2) is 101 Å². The predicted octanol–water partition coefficient (Wildman–Crippen LogP) is 8.11. The number of halogens is 3. The first-order valence-electron chi connectivity index (χ1n) is 14.7. The molecular formula is C34H32F3N7O. The predicted molar refractivity (Wildman–Crippen MR) is 170 cm³/mol. The topological polar surface area (TPSA) is 91.5 Å². The third-order valence-corrected chi connectivity index (χ3v) is 7.65. The lowest BCUT2D eigenvalue weighted by Gasteiger charge is -2.32. The number of rotatable bonds is 9. The quantitative estimate of drug-likeness (QED) is 0.129. The third-order valence-electron chi connectivity index (χ3n) is 7.65. The highest BCUT2D eigenvalue weighted by molar-refractivity contribution is 5.78. The van der Waals surface area contributed by atoms with Crippen LogP contribution in [0, 0.1) is 12.8 Å². The molecule has 5 aromatic rings. The Labute approximate surface area is 259 Å². The van der Waals surface area contributed by atoms with Crippen LogP contribution in [-0.4, -0.2) is 34.3 Å². The van der Waals surface area contributed by atoms with E-state index in [1.54, 1.807) is 18.2 Å². The Bertz CT molecular complexity index is 1750. The summed E-state index contributed by atoms with van der Waals surface area (Å²) in [7, 11) is 0. The van der Waals surface area contributed by atoms with Crippen LogP contribution in [0.5, 0.6) is 0 Å². The van der Waals surface area contributed by atoms with Gasteiger partial charge in [-0.2, -0.15) is 33.2 Å². The van der Waals surface area contributed by atoms with Crippen molar-refractivity contribution in [2.45, 2.75) is 32.4 Å². The van der Waals surface area contributed by atoms with Gasteiger partial charge in [0.25, 0.3) is 0 Å². The van der Waals surface area contributed by atoms with E-state index in [0.29, 0.717) is 34.9 Å². The maximum absolute atomic E-state index is 13.1. The molecule has 45 heavy (non-hydrogen) atoms. The first kappa shape index (κ1) is 29.9. The Kier molecular flexibility index (Phi) is 8.77. The molecule has 6 rings (SSSR count). The van der Waals surface area contributed by atoms with Gasteiger partial charge in [-0.15, -0.1) is 0 Å². The molecule has 0 aliphatic carbocycles. The van der Waals surface area contributed by atoms with E-state index in [1.807, 2.05) is 37.3 Å². The highest BCUT2D eigenvalue weighted by Gasteiger charge is 2.30. The van der Waals surface area contributed by atoms with E-state index in [0.717, 1.165) is 55.7 Å². The van der Waals surface area contributed by atoms with Gasteiger partial charge in [0.15, 0.2) is 0 Å². The number of furan rings is 1. The average Bonchev–Trinajstić information content (AvgIpc) is 3.52. The van der Waals surface area contributed by atoms with E-state index in [1.165, 1.54) is 17.8 Å². The lowest BCUT2D eigenvalue weighted by Crippen LogP contribution is -2.35. The van der Waals surface area contributed by atoms with Gasteiger partial charge in [0, 0.05) is 24.3 Å². The second kappa shape index (κ2) is 13.2. The molecule has 1 aliphatic rings. The molecule has 2 aromatic heterocycles. The molecule has 0 spiro atoms. The minimum atomic E-state index is -4.44. The fourth-order valence-electron chi connectivity index (χ4n) is 5.24. The number of nitrogens with one attached hydrogen (secondary N) is 2. The zero-order valence-electron chi connectivity index (χ0n) is 24.6. The Morgan fingerprint density at radius 3 is 2.40 bits per heavy atom. The molecule has 1 aliphatic heterocycles. The number of hydrazone groups is 1. The molecule has 3 heterocycles. The largest absolute Gasteiger partial charge is 0.455 e. The second-order valence-electron chi connectivity index (χ2n) is 11.0. The van der Waals surface area contributed by atoms with Crippen molar-refractivity contribution in [1.82, 2.24) is 15.0 Å². The lowest BCUT2D eigenvalue weighted by atomic mass is 9.90. The Morgan fingerprint density at radius 1 is 0.889 bits per heavy atom. The zero-order chi connectivity index (χ0) is 31.2. The number of hydrogen-bond acceptors (Lipinski definition) is 8. The fourth-order valence-corrected chi connectivity index (χ4v) is 5.24. The Morgan fingerprint density at radius 2 is 1.64 bits per heavy atom. The van der Waals surface area contributed by atoms with Crippen molar-refractivity contribution in [1.29, 1.82) is 0 Å². The summed E-state index contributed by atoms with van der Waals surface area (Å²) in [5.41, 5.74) is 5.77. The minimum absolute atomic E-state index is 0.238. The third kappa shape index (κ3) is 7.86. The number of benzene rings is 3. The number of piperidine rings is 1. The van der Waals surface area contributed by atoms with E-state index in [9.17, 15) is 13.2 Å². The highest BCUT2D eigenvalue weighted by atomic mass is 19.4. The molecular weight excluding hydrogens is 579 g/mol. The van der Waals surface area contributed by atoms with Crippen molar-refractivity contribution in [3.63, 3.8) is 0 Å². The van der Waals surface area contributed by atoms with Gasteiger partial charge in [-0.3, -0.25) is 0 Å². The van der Waals surface area contributed by atoms with Crippen molar-refractivity contribution >= 4 is 29.7 Å². The molecule has 1 saturated heterocycles. The van der Waals surface area contributed by atoms with E-state index in [4.69, 9.17) is 9.40 Å². The maximum Gasteiger partial charge on any atom is 0.416 e. The monoisotopic (exact) mass is 611 g/mol. The molecule has 11 heteroatoms. The molecule has 2 N–H and O–H groups in total. The van der Waals surface area contributed by atoms with Gasteiger partial charge < -0.3 is 14.6 Å². The molecule has 1 fully saturated rings. The first-order valence-corrected chi connectivity index (χ1v) is 14.7. The molecule has 0 amide bonds. The van der Waals surface area contributed by atoms with Gasteiger partial charge in [-0.25, -0.2) is 5.43 Å². The van der Waals surface area contributed by atoms with Crippen molar-refractivity contribution in [3.05, 3.63) is 113 Å². The zero-order valence-corrected chi connectivity index (χ0v) is 24.6. The van der Waals surface area contributed by atoms with Crippen molar-refractivity contribution < 1.29 is 17.6 Å². The van der Waals surface area contributed by atoms with Gasteiger partial charge >= 0.3 is 6.18 Å². The maximum atomic E-state index is 13.1. The lowest BCUT2D eigenvalue weighted by molar-refractivity contribution is -0.137. The van der Waals surface area contributed by atoms with Crippen molar-refractivity contribution in [2.75, 3.05) is 28.7 Å². The summed E-state index contributed by atoms with van der Waals surface area (Å²) in [4.78, 5) is 16.0. The van der Waals surface area contributed by atoms with Crippen LogP contribution < -0.4 is 15.6 Å². The summed E-state index contributed by atoms with van der Waals surface area (Å²) in [5, 5.41) is 7.49. The second-order valence-corrected chi connectivity index (χ2v) is 11.0. The van der Waals surface area contributed by atoms with Crippen molar-refractivity contribution in [3.8, 4) is 11.3 Å².